The second kappa shape index (κ2) is 7.68. The Bertz CT molecular complexity index is 1220. The number of benzene rings is 1. The Kier molecular flexibility index (Phi) is 4.82. The van der Waals surface area contributed by atoms with Gasteiger partial charge in [0.25, 0.3) is 0 Å². The summed E-state index contributed by atoms with van der Waals surface area (Å²) in [4.78, 5) is 29.5. The maximum atomic E-state index is 13.5. The van der Waals surface area contributed by atoms with Gasteiger partial charge in [0.1, 0.15) is 5.82 Å². The topological polar surface area (TPSA) is 115 Å². The fourth-order valence-electron chi connectivity index (χ4n) is 3.82. The van der Waals surface area contributed by atoms with E-state index in [9.17, 15) is 19.3 Å². The molecule has 0 atom stereocenters. The van der Waals surface area contributed by atoms with E-state index in [-0.39, 0.29) is 23.4 Å². The molecule has 1 saturated heterocycles. The van der Waals surface area contributed by atoms with Crippen molar-refractivity contribution in [3.8, 4) is 11.3 Å². The molecule has 1 aromatic carbocycles. The number of urea groups is 1. The van der Waals surface area contributed by atoms with E-state index in [0.29, 0.717) is 43.1 Å². The molecular weight excluding hydrogens is 419 g/mol. The molecule has 2 aromatic heterocycles. The number of amides is 2. The van der Waals surface area contributed by atoms with Crippen molar-refractivity contribution in [2.24, 2.45) is 0 Å². The molecule has 5 rings (SSSR count). The fourth-order valence-corrected chi connectivity index (χ4v) is 3.82. The summed E-state index contributed by atoms with van der Waals surface area (Å²) in [5.74, 6) is -0.552. The number of aryl methyl sites for hydroxylation is 1. The number of fused-ring (bicyclic) bond motifs is 1. The normalized spacial score (nSPS) is 15.4. The first-order chi connectivity index (χ1) is 15.4. The number of rotatable bonds is 4. The molecule has 164 valence electrons. The van der Waals surface area contributed by atoms with Gasteiger partial charge >= 0.3 is 11.7 Å². The Morgan fingerprint density at radius 3 is 2.75 bits per heavy atom. The van der Waals surface area contributed by atoms with Crippen LogP contribution in [0, 0.1) is 22.9 Å². The number of hydrogen-bond donors (Lipinski definition) is 1. The first-order valence-corrected chi connectivity index (χ1v) is 10.0. The molecule has 4 heterocycles. The largest absolute Gasteiger partial charge is 0.377 e. The summed E-state index contributed by atoms with van der Waals surface area (Å²) in [5.41, 5.74) is 3.05. The van der Waals surface area contributed by atoms with E-state index in [1.165, 1.54) is 29.2 Å². The van der Waals surface area contributed by atoms with Crippen LogP contribution in [-0.2, 0) is 17.8 Å². The molecule has 0 unspecified atom stereocenters. The van der Waals surface area contributed by atoms with Crippen molar-refractivity contribution in [2.75, 3.05) is 18.5 Å². The molecular formula is C21H19FN6O4. The standard InChI is InChI=1S/C21H19FN6O4/c1-12-6-14(22)2-3-16(12)17-4-5-19(28(30)31)20(23-17)24-21(29)26-7-13-8-27(15-10-32-11-15)25-18(13)9-26/h2-6,8,15H,7,9-11H2,1H3,(H,23,24,29). The van der Waals surface area contributed by atoms with Gasteiger partial charge in [0.15, 0.2) is 0 Å². The minimum Gasteiger partial charge on any atom is -0.377 e. The number of aromatic nitrogens is 3. The van der Waals surface area contributed by atoms with E-state index in [4.69, 9.17) is 4.74 Å². The summed E-state index contributed by atoms with van der Waals surface area (Å²) in [6.07, 6.45) is 1.91. The van der Waals surface area contributed by atoms with Gasteiger partial charge in [-0.3, -0.25) is 20.1 Å². The van der Waals surface area contributed by atoms with E-state index < -0.39 is 11.0 Å². The summed E-state index contributed by atoms with van der Waals surface area (Å²) < 4.78 is 20.5. The minimum absolute atomic E-state index is 0.164. The lowest BCUT2D eigenvalue weighted by molar-refractivity contribution is -0.384. The number of nitrogens with zero attached hydrogens (tertiary/aromatic N) is 5. The summed E-state index contributed by atoms with van der Waals surface area (Å²) >= 11 is 0. The zero-order valence-electron chi connectivity index (χ0n) is 17.1. The van der Waals surface area contributed by atoms with Crippen LogP contribution in [0.4, 0.5) is 20.7 Å². The van der Waals surface area contributed by atoms with Crippen LogP contribution in [0.25, 0.3) is 11.3 Å². The Morgan fingerprint density at radius 1 is 1.28 bits per heavy atom. The van der Waals surface area contributed by atoms with Crippen molar-refractivity contribution in [1.82, 2.24) is 19.7 Å². The van der Waals surface area contributed by atoms with Crippen LogP contribution in [0.15, 0.2) is 36.5 Å². The maximum absolute atomic E-state index is 13.5. The van der Waals surface area contributed by atoms with Crippen LogP contribution in [0.5, 0.6) is 0 Å². The van der Waals surface area contributed by atoms with Crippen molar-refractivity contribution < 1.29 is 18.8 Å². The third-order valence-corrected chi connectivity index (χ3v) is 5.64. The predicted octanol–water partition coefficient (Wildman–Crippen LogP) is 3.42. The molecule has 32 heavy (non-hydrogen) atoms. The number of ether oxygens (including phenoxy) is 1. The lowest BCUT2D eigenvalue weighted by Crippen LogP contribution is -2.33. The predicted molar refractivity (Wildman–Crippen MR) is 111 cm³/mol. The maximum Gasteiger partial charge on any atom is 0.323 e. The van der Waals surface area contributed by atoms with Crippen LogP contribution in [-0.4, -0.2) is 43.8 Å². The molecule has 3 aromatic rings. The molecule has 2 aliphatic rings. The molecule has 0 aliphatic carbocycles. The van der Waals surface area contributed by atoms with Crippen LogP contribution >= 0.6 is 0 Å². The van der Waals surface area contributed by atoms with Gasteiger partial charge in [0, 0.05) is 23.4 Å². The number of pyridine rings is 1. The Labute approximate surface area is 181 Å². The molecule has 11 heteroatoms. The molecule has 2 aliphatic heterocycles. The summed E-state index contributed by atoms with van der Waals surface area (Å²) in [6, 6.07) is 6.68. The highest BCUT2D eigenvalue weighted by Crippen LogP contribution is 2.30. The number of anilines is 1. The highest BCUT2D eigenvalue weighted by atomic mass is 19.1. The lowest BCUT2D eigenvalue weighted by atomic mass is 10.0. The van der Waals surface area contributed by atoms with E-state index >= 15 is 0 Å². The van der Waals surface area contributed by atoms with Crippen LogP contribution < -0.4 is 5.32 Å². The minimum atomic E-state index is -0.603. The molecule has 0 radical (unpaired) electrons. The smallest absolute Gasteiger partial charge is 0.323 e. The average molecular weight is 438 g/mol. The molecule has 0 saturated carbocycles. The number of halogens is 1. The first-order valence-electron chi connectivity index (χ1n) is 10.0. The Morgan fingerprint density at radius 2 is 2.09 bits per heavy atom. The zero-order valence-corrected chi connectivity index (χ0v) is 17.1. The number of nitrogens with one attached hydrogen (secondary N) is 1. The highest BCUT2D eigenvalue weighted by Gasteiger charge is 2.31. The Hall–Kier alpha value is -3.86. The van der Waals surface area contributed by atoms with Crippen LogP contribution in [0.3, 0.4) is 0 Å². The third kappa shape index (κ3) is 3.56. The highest BCUT2D eigenvalue weighted by molar-refractivity contribution is 5.91. The van der Waals surface area contributed by atoms with Crippen LogP contribution in [0.1, 0.15) is 22.9 Å². The Balaban J connectivity index is 1.37. The second-order valence-electron chi connectivity index (χ2n) is 7.84. The van der Waals surface area contributed by atoms with Crippen molar-refractivity contribution in [1.29, 1.82) is 0 Å². The lowest BCUT2D eigenvalue weighted by Gasteiger charge is -2.26. The molecule has 0 spiro atoms. The van der Waals surface area contributed by atoms with E-state index in [0.717, 1.165) is 11.3 Å². The summed E-state index contributed by atoms with van der Waals surface area (Å²) in [6.45, 7) is 3.62. The zero-order chi connectivity index (χ0) is 22.4. The van der Waals surface area contributed by atoms with Crippen molar-refractivity contribution in [3.05, 3.63) is 69.3 Å². The molecule has 2 amide bonds. The van der Waals surface area contributed by atoms with Crippen molar-refractivity contribution in [3.63, 3.8) is 0 Å². The average Bonchev–Trinajstić information content (AvgIpc) is 3.25. The first kappa shape index (κ1) is 20.1. The molecule has 1 N–H and O–H groups in total. The summed E-state index contributed by atoms with van der Waals surface area (Å²) in [5, 5.41) is 18.6. The number of carbonyl (C=O) groups is 1. The van der Waals surface area contributed by atoms with Gasteiger partial charge in [-0.15, -0.1) is 0 Å². The summed E-state index contributed by atoms with van der Waals surface area (Å²) in [7, 11) is 0. The monoisotopic (exact) mass is 438 g/mol. The molecule has 0 bridgehead atoms. The SMILES string of the molecule is Cc1cc(F)ccc1-c1ccc([N+](=O)[O-])c(NC(=O)N2Cc3cn(C4COC4)nc3C2)n1. The van der Waals surface area contributed by atoms with E-state index in [2.05, 4.69) is 15.4 Å². The van der Waals surface area contributed by atoms with Gasteiger partial charge in [-0.25, -0.2) is 14.2 Å². The van der Waals surface area contributed by atoms with Gasteiger partial charge in [0.2, 0.25) is 5.82 Å². The molecule has 1 fully saturated rings. The van der Waals surface area contributed by atoms with Crippen molar-refractivity contribution in [2.45, 2.75) is 26.1 Å². The van der Waals surface area contributed by atoms with Gasteiger partial charge in [-0.05, 0) is 36.8 Å². The van der Waals surface area contributed by atoms with Gasteiger partial charge in [0.05, 0.1) is 48.7 Å². The van der Waals surface area contributed by atoms with Gasteiger partial charge < -0.3 is 9.64 Å². The van der Waals surface area contributed by atoms with E-state index in [1.54, 1.807) is 13.0 Å². The van der Waals surface area contributed by atoms with Crippen molar-refractivity contribution >= 4 is 17.5 Å². The number of carbonyl (C=O) groups excluding carboxylic acids is 1. The van der Waals surface area contributed by atoms with E-state index in [1.807, 2.05) is 10.9 Å². The number of nitro groups is 1. The third-order valence-electron chi connectivity index (χ3n) is 5.64. The second-order valence-corrected chi connectivity index (χ2v) is 7.84. The quantitative estimate of drug-likeness (QED) is 0.493. The fraction of sp³-hybridized carbons (Fsp3) is 0.286. The molecule has 10 nitrogen and oxygen atoms in total. The van der Waals surface area contributed by atoms with Gasteiger partial charge in [-0.1, -0.05) is 0 Å². The number of hydrogen-bond acceptors (Lipinski definition) is 6. The van der Waals surface area contributed by atoms with Gasteiger partial charge in [-0.2, -0.15) is 5.10 Å². The van der Waals surface area contributed by atoms with Crippen LogP contribution in [0.2, 0.25) is 0 Å².